The van der Waals surface area contributed by atoms with Crippen molar-refractivity contribution >= 4 is 5.91 Å². The van der Waals surface area contributed by atoms with Crippen LogP contribution in [0.1, 0.15) is 50.5 Å². The Bertz CT molecular complexity index is 550. The zero-order chi connectivity index (χ0) is 16.8. The van der Waals surface area contributed by atoms with Gasteiger partial charge in [-0.15, -0.1) is 0 Å². The third-order valence-electron chi connectivity index (χ3n) is 4.94. The Kier molecular flexibility index (Phi) is 5.96. The number of carbonyl (C=O) groups excluding carboxylic acids is 1. The number of nitrogens with one attached hydrogen (secondary N) is 2. The van der Waals surface area contributed by atoms with Crippen LogP contribution in [-0.4, -0.2) is 31.7 Å². The molecule has 0 radical (unpaired) electrons. The molecule has 1 unspecified atom stereocenters. The number of benzene rings is 1. The molecule has 1 aromatic rings. The van der Waals surface area contributed by atoms with E-state index in [2.05, 4.69) is 10.6 Å². The third-order valence-corrected chi connectivity index (χ3v) is 4.94. The van der Waals surface area contributed by atoms with Gasteiger partial charge in [0.25, 0.3) is 0 Å². The predicted octanol–water partition coefficient (Wildman–Crippen LogP) is 2.77. The molecule has 1 atom stereocenters. The van der Waals surface area contributed by atoms with Gasteiger partial charge in [-0.3, -0.25) is 4.79 Å². The van der Waals surface area contributed by atoms with Crippen LogP contribution in [-0.2, 0) is 11.3 Å². The van der Waals surface area contributed by atoms with Crippen LogP contribution in [0, 0.1) is 0 Å². The number of carbonyl (C=O) groups is 1. The minimum absolute atomic E-state index is 0.0945. The van der Waals surface area contributed by atoms with Gasteiger partial charge >= 0.3 is 0 Å². The van der Waals surface area contributed by atoms with Crippen molar-refractivity contribution < 1.29 is 14.3 Å². The molecule has 1 saturated carbocycles. The van der Waals surface area contributed by atoms with Crippen LogP contribution in [0.15, 0.2) is 18.2 Å². The Hall–Kier alpha value is -1.75. The quantitative estimate of drug-likeness (QED) is 0.806. The monoisotopic (exact) mass is 332 g/mol. The van der Waals surface area contributed by atoms with Crippen molar-refractivity contribution in [3.63, 3.8) is 0 Å². The lowest BCUT2D eigenvalue weighted by Crippen LogP contribution is -2.31. The summed E-state index contributed by atoms with van der Waals surface area (Å²) in [6.45, 7) is 1.52. The largest absolute Gasteiger partial charge is 0.497 e. The van der Waals surface area contributed by atoms with E-state index in [1.165, 1.54) is 12.8 Å². The summed E-state index contributed by atoms with van der Waals surface area (Å²) < 4.78 is 11.5. The molecular weight excluding hydrogens is 304 g/mol. The second-order valence-corrected chi connectivity index (χ2v) is 6.77. The fourth-order valence-electron chi connectivity index (χ4n) is 3.52. The van der Waals surface area contributed by atoms with Gasteiger partial charge in [-0.05, 0) is 57.2 Å². The summed E-state index contributed by atoms with van der Waals surface area (Å²) in [5.41, 5.74) is 1.01. The van der Waals surface area contributed by atoms with E-state index in [9.17, 15) is 4.79 Å². The van der Waals surface area contributed by atoms with E-state index in [0.717, 1.165) is 49.3 Å². The highest BCUT2D eigenvalue weighted by atomic mass is 16.5. The van der Waals surface area contributed by atoms with E-state index in [4.69, 9.17) is 9.47 Å². The smallest absolute Gasteiger partial charge is 0.221 e. The summed E-state index contributed by atoms with van der Waals surface area (Å²) in [5.74, 6) is 1.71. The zero-order valence-electron chi connectivity index (χ0n) is 14.5. The Labute approximate surface area is 144 Å². The molecule has 5 nitrogen and oxygen atoms in total. The molecule has 1 aromatic carbocycles. The molecule has 3 rings (SSSR count). The molecule has 2 aliphatic rings. The maximum atomic E-state index is 12.1. The molecule has 0 aromatic heterocycles. The molecule has 1 heterocycles. The highest BCUT2D eigenvalue weighted by Gasteiger charge is 2.20. The van der Waals surface area contributed by atoms with Crippen molar-refractivity contribution in [1.29, 1.82) is 0 Å². The summed E-state index contributed by atoms with van der Waals surface area (Å²) in [4.78, 5) is 12.1. The molecule has 2 N–H and O–H groups in total. The molecule has 2 fully saturated rings. The van der Waals surface area contributed by atoms with Gasteiger partial charge in [-0.2, -0.15) is 0 Å². The van der Waals surface area contributed by atoms with Crippen molar-refractivity contribution in [2.24, 2.45) is 0 Å². The fourth-order valence-corrected chi connectivity index (χ4v) is 3.52. The maximum absolute atomic E-state index is 12.1. The first-order valence-electron chi connectivity index (χ1n) is 9.08. The minimum atomic E-state index is 0.0945. The average Bonchev–Trinajstić information content (AvgIpc) is 3.27. The van der Waals surface area contributed by atoms with E-state index in [0.29, 0.717) is 19.0 Å². The minimum Gasteiger partial charge on any atom is -0.497 e. The molecule has 0 bridgehead atoms. The summed E-state index contributed by atoms with van der Waals surface area (Å²) in [6.07, 6.45) is 7.77. The highest BCUT2D eigenvalue weighted by Crippen LogP contribution is 2.30. The number of hydrogen-bond donors (Lipinski definition) is 2. The lowest BCUT2D eigenvalue weighted by atomic mass is 10.1. The van der Waals surface area contributed by atoms with E-state index >= 15 is 0 Å². The molecule has 1 saturated heterocycles. The molecule has 5 heteroatoms. The maximum Gasteiger partial charge on any atom is 0.221 e. The summed E-state index contributed by atoms with van der Waals surface area (Å²) in [7, 11) is 1.66. The van der Waals surface area contributed by atoms with E-state index in [1.807, 2.05) is 18.2 Å². The zero-order valence-corrected chi connectivity index (χ0v) is 14.5. The normalized spacial score (nSPS) is 21.0. The molecule has 0 spiro atoms. The SMILES string of the molecule is COc1ccc(CNC(=O)CC2CCCN2)c(OC2CCCC2)c1. The van der Waals surface area contributed by atoms with Crippen molar-refractivity contribution in [3.05, 3.63) is 23.8 Å². The number of rotatable bonds is 7. The van der Waals surface area contributed by atoms with Crippen LogP contribution in [0.2, 0.25) is 0 Å². The van der Waals surface area contributed by atoms with Gasteiger partial charge in [0.1, 0.15) is 11.5 Å². The molecule has 1 aliphatic carbocycles. The standard InChI is InChI=1S/C19H28N2O3/c1-23-17-9-8-14(18(12-17)24-16-6-2-3-7-16)13-21-19(22)11-15-5-4-10-20-15/h8-9,12,15-16,20H,2-7,10-11,13H2,1H3,(H,21,22). The Balaban J connectivity index is 1.59. The first-order valence-corrected chi connectivity index (χ1v) is 9.08. The summed E-state index contributed by atoms with van der Waals surface area (Å²) in [5, 5.41) is 6.39. The Morgan fingerprint density at radius 3 is 2.79 bits per heavy atom. The van der Waals surface area contributed by atoms with Crippen LogP contribution < -0.4 is 20.1 Å². The molecular formula is C19H28N2O3. The number of methoxy groups -OCH3 is 1. The third kappa shape index (κ3) is 4.63. The average molecular weight is 332 g/mol. The van der Waals surface area contributed by atoms with E-state index in [-0.39, 0.29) is 12.0 Å². The Morgan fingerprint density at radius 1 is 1.25 bits per heavy atom. The summed E-state index contributed by atoms with van der Waals surface area (Å²) >= 11 is 0. The molecule has 1 amide bonds. The van der Waals surface area contributed by atoms with Crippen LogP contribution in [0.25, 0.3) is 0 Å². The van der Waals surface area contributed by atoms with E-state index < -0.39 is 0 Å². The van der Waals surface area contributed by atoms with Crippen molar-refractivity contribution in [1.82, 2.24) is 10.6 Å². The Morgan fingerprint density at radius 2 is 2.08 bits per heavy atom. The fraction of sp³-hybridized carbons (Fsp3) is 0.632. The summed E-state index contributed by atoms with van der Waals surface area (Å²) in [6, 6.07) is 6.16. The van der Waals surface area contributed by atoms with Crippen LogP contribution in [0.3, 0.4) is 0 Å². The topological polar surface area (TPSA) is 59.6 Å². The number of hydrogen-bond acceptors (Lipinski definition) is 4. The first kappa shape index (κ1) is 17.1. The second-order valence-electron chi connectivity index (χ2n) is 6.77. The lowest BCUT2D eigenvalue weighted by Gasteiger charge is -2.18. The molecule has 132 valence electrons. The van der Waals surface area contributed by atoms with Gasteiger partial charge in [0.05, 0.1) is 13.2 Å². The van der Waals surface area contributed by atoms with Crippen LogP contribution in [0.4, 0.5) is 0 Å². The van der Waals surface area contributed by atoms with Gasteiger partial charge in [0, 0.05) is 30.6 Å². The second kappa shape index (κ2) is 8.38. The van der Waals surface area contributed by atoms with Crippen LogP contribution in [0.5, 0.6) is 11.5 Å². The van der Waals surface area contributed by atoms with Crippen molar-refractivity contribution in [2.45, 2.75) is 63.6 Å². The van der Waals surface area contributed by atoms with Gasteiger partial charge in [0.2, 0.25) is 5.91 Å². The molecule has 24 heavy (non-hydrogen) atoms. The number of ether oxygens (including phenoxy) is 2. The van der Waals surface area contributed by atoms with Crippen molar-refractivity contribution in [3.8, 4) is 11.5 Å². The van der Waals surface area contributed by atoms with E-state index in [1.54, 1.807) is 7.11 Å². The van der Waals surface area contributed by atoms with Crippen molar-refractivity contribution in [2.75, 3.05) is 13.7 Å². The van der Waals surface area contributed by atoms with Crippen LogP contribution >= 0.6 is 0 Å². The van der Waals surface area contributed by atoms with Gasteiger partial charge < -0.3 is 20.1 Å². The van der Waals surface area contributed by atoms with Gasteiger partial charge in [-0.1, -0.05) is 0 Å². The van der Waals surface area contributed by atoms with Gasteiger partial charge in [0.15, 0.2) is 0 Å². The predicted molar refractivity (Wildman–Crippen MR) is 93.4 cm³/mol. The number of amides is 1. The highest BCUT2D eigenvalue weighted by molar-refractivity contribution is 5.76. The first-order chi connectivity index (χ1) is 11.7. The molecule has 1 aliphatic heterocycles. The lowest BCUT2D eigenvalue weighted by molar-refractivity contribution is -0.121. The van der Waals surface area contributed by atoms with Gasteiger partial charge in [-0.25, -0.2) is 0 Å².